The molecular formula is C16H9Cl2F3N4S. The largest absolute Gasteiger partial charge is 0.449 e. The Morgan fingerprint density at radius 3 is 2.31 bits per heavy atom. The van der Waals surface area contributed by atoms with Crippen LogP contribution in [-0.4, -0.2) is 21.6 Å². The van der Waals surface area contributed by atoms with E-state index in [4.69, 9.17) is 34.0 Å². The molecule has 134 valence electrons. The van der Waals surface area contributed by atoms with E-state index >= 15 is 0 Å². The minimum Gasteiger partial charge on any atom is -0.282 e. The van der Waals surface area contributed by atoms with Gasteiger partial charge < -0.3 is 0 Å². The second-order valence-electron chi connectivity index (χ2n) is 5.12. The predicted molar refractivity (Wildman–Crippen MR) is 95.4 cm³/mol. The lowest BCUT2D eigenvalue weighted by Crippen LogP contribution is -2.38. The Labute approximate surface area is 159 Å². The second-order valence-corrected chi connectivity index (χ2v) is 6.99. The van der Waals surface area contributed by atoms with Crippen LogP contribution in [0.15, 0.2) is 52.4 Å². The summed E-state index contributed by atoms with van der Waals surface area (Å²) in [5, 5.41) is 15.8. The molecule has 0 saturated heterocycles. The molecule has 10 heteroatoms. The minimum atomic E-state index is -4.95. The lowest BCUT2D eigenvalue weighted by atomic mass is 10.3. The average Bonchev–Trinajstić information content (AvgIpc) is 2.57. The molecule has 1 aromatic heterocycles. The quantitative estimate of drug-likeness (QED) is 0.436. The normalized spacial score (nSPS) is 11.7. The van der Waals surface area contributed by atoms with Crippen molar-refractivity contribution in [2.45, 2.75) is 16.1 Å². The van der Waals surface area contributed by atoms with Crippen molar-refractivity contribution in [2.75, 3.05) is 0 Å². The number of fused-ring (bicyclic) bond motifs is 1. The van der Waals surface area contributed by atoms with E-state index in [9.17, 15) is 13.2 Å². The lowest BCUT2D eigenvalue weighted by molar-refractivity contribution is -0.0624. The Kier molecular flexibility index (Phi) is 5.01. The van der Waals surface area contributed by atoms with Gasteiger partial charge in [0.25, 0.3) is 0 Å². The van der Waals surface area contributed by atoms with E-state index in [0.29, 0.717) is 9.46 Å². The maximum absolute atomic E-state index is 13.2. The van der Waals surface area contributed by atoms with Crippen LogP contribution in [0.3, 0.4) is 0 Å². The predicted octanol–water partition coefficient (Wildman–Crippen LogP) is 5.36. The summed E-state index contributed by atoms with van der Waals surface area (Å²) in [6.45, 7) is 0. The van der Waals surface area contributed by atoms with Gasteiger partial charge in [-0.15, -0.1) is 0 Å². The summed E-state index contributed by atoms with van der Waals surface area (Å²) in [6, 6.07) is 11.3. The fourth-order valence-corrected chi connectivity index (χ4v) is 3.37. The third-order valence-electron chi connectivity index (χ3n) is 3.36. The van der Waals surface area contributed by atoms with Crippen LogP contribution in [0, 0.1) is 10.8 Å². The molecular weight excluding hydrogens is 408 g/mol. The molecule has 3 rings (SSSR count). The standard InChI is InChI=1S/C16H9Cl2F3N4S/c17-9-6-11-12(7-10(9)18)25(15(23)16(19,20)21)13(22)14(24-11)26-8-4-2-1-3-5-8/h1-7,22-23H. The monoisotopic (exact) mass is 416 g/mol. The summed E-state index contributed by atoms with van der Waals surface area (Å²) in [4.78, 5) is 4.94. The first-order valence-electron chi connectivity index (χ1n) is 7.04. The fourth-order valence-electron chi connectivity index (χ4n) is 2.20. The summed E-state index contributed by atoms with van der Waals surface area (Å²) in [6.07, 6.45) is -4.95. The van der Waals surface area contributed by atoms with Gasteiger partial charge in [0.1, 0.15) is 5.03 Å². The highest BCUT2D eigenvalue weighted by Gasteiger charge is 2.37. The molecule has 2 N–H and O–H groups in total. The minimum absolute atomic E-state index is 0.00699. The van der Waals surface area contributed by atoms with Crippen LogP contribution in [0.2, 0.25) is 10.0 Å². The van der Waals surface area contributed by atoms with Gasteiger partial charge in [-0.3, -0.25) is 15.4 Å². The highest BCUT2D eigenvalue weighted by molar-refractivity contribution is 7.99. The summed E-state index contributed by atoms with van der Waals surface area (Å²) in [5.41, 5.74) is -0.584. The number of hydrogen-bond donors (Lipinski definition) is 2. The molecule has 1 heterocycles. The molecule has 0 bridgehead atoms. The molecule has 0 aliphatic heterocycles. The van der Waals surface area contributed by atoms with Crippen LogP contribution in [0.1, 0.15) is 0 Å². The van der Waals surface area contributed by atoms with Crippen molar-refractivity contribution in [1.82, 2.24) is 9.55 Å². The van der Waals surface area contributed by atoms with Gasteiger partial charge in [0.15, 0.2) is 5.49 Å². The van der Waals surface area contributed by atoms with Crippen molar-refractivity contribution in [2.24, 2.45) is 0 Å². The Bertz CT molecular complexity index is 1070. The van der Waals surface area contributed by atoms with Gasteiger partial charge in [0.05, 0.1) is 21.1 Å². The van der Waals surface area contributed by atoms with Crippen LogP contribution in [0.5, 0.6) is 0 Å². The summed E-state index contributed by atoms with van der Waals surface area (Å²) >= 11 is 12.9. The molecule has 0 radical (unpaired) electrons. The number of nitrogens with zero attached hydrogens (tertiary/aromatic N) is 2. The van der Waals surface area contributed by atoms with Crippen LogP contribution < -0.4 is 5.49 Å². The van der Waals surface area contributed by atoms with Gasteiger partial charge in [0.2, 0.25) is 5.84 Å². The molecule has 26 heavy (non-hydrogen) atoms. The van der Waals surface area contributed by atoms with Crippen molar-refractivity contribution < 1.29 is 13.2 Å². The van der Waals surface area contributed by atoms with Gasteiger partial charge in [-0.25, -0.2) is 4.98 Å². The zero-order valence-corrected chi connectivity index (χ0v) is 15.1. The number of alkyl halides is 3. The number of benzene rings is 2. The van der Waals surface area contributed by atoms with Crippen molar-refractivity contribution in [3.8, 4) is 0 Å². The van der Waals surface area contributed by atoms with Gasteiger partial charge in [-0.2, -0.15) is 13.2 Å². The molecule has 0 fully saturated rings. The zero-order valence-electron chi connectivity index (χ0n) is 12.7. The second kappa shape index (κ2) is 6.94. The molecule has 0 aliphatic rings. The van der Waals surface area contributed by atoms with Crippen LogP contribution in [0.4, 0.5) is 13.2 Å². The van der Waals surface area contributed by atoms with Crippen molar-refractivity contribution in [3.63, 3.8) is 0 Å². The fraction of sp³-hybridized carbons (Fsp3) is 0.0625. The summed E-state index contributed by atoms with van der Waals surface area (Å²) in [5.74, 6) is -1.71. The van der Waals surface area contributed by atoms with Gasteiger partial charge in [0, 0.05) is 4.90 Å². The Morgan fingerprint density at radius 1 is 1.08 bits per heavy atom. The van der Waals surface area contributed by atoms with Gasteiger partial charge >= 0.3 is 6.18 Å². The number of nitrogens with one attached hydrogen (secondary N) is 2. The third kappa shape index (κ3) is 3.58. The highest BCUT2D eigenvalue weighted by atomic mass is 35.5. The van der Waals surface area contributed by atoms with E-state index in [0.717, 1.165) is 11.8 Å². The topological polar surface area (TPSA) is 65.5 Å². The number of hydrogen-bond acceptors (Lipinski definition) is 4. The van der Waals surface area contributed by atoms with Crippen molar-refractivity contribution in [3.05, 3.63) is 58.0 Å². The van der Waals surface area contributed by atoms with E-state index in [1.165, 1.54) is 12.1 Å². The third-order valence-corrected chi connectivity index (χ3v) is 5.06. The van der Waals surface area contributed by atoms with Gasteiger partial charge in [-0.1, -0.05) is 53.2 Å². The van der Waals surface area contributed by atoms with E-state index in [2.05, 4.69) is 4.98 Å². The molecule has 0 atom stereocenters. The average molecular weight is 417 g/mol. The van der Waals surface area contributed by atoms with Gasteiger partial charge in [-0.05, 0) is 24.3 Å². The molecule has 0 unspecified atom stereocenters. The van der Waals surface area contributed by atoms with Crippen LogP contribution >= 0.6 is 35.0 Å². The maximum Gasteiger partial charge on any atom is 0.449 e. The van der Waals surface area contributed by atoms with Crippen molar-refractivity contribution >= 4 is 51.8 Å². The first-order chi connectivity index (χ1) is 12.2. The van der Waals surface area contributed by atoms with E-state index in [-0.39, 0.29) is 26.1 Å². The molecule has 0 amide bonds. The first kappa shape index (κ1) is 18.8. The first-order valence-corrected chi connectivity index (χ1v) is 8.61. The van der Waals surface area contributed by atoms with Crippen molar-refractivity contribution in [1.29, 1.82) is 10.8 Å². The Hall–Kier alpha value is -2.03. The summed E-state index contributed by atoms with van der Waals surface area (Å²) < 4.78 is 40.0. The van der Waals surface area contributed by atoms with E-state index in [1.54, 1.807) is 30.3 Å². The smallest absolute Gasteiger partial charge is 0.282 e. The highest BCUT2D eigenvalue weighted by Crippen LogP contribution is 2.30. The molecule has 4 nitrogen and oxygen atoms in total. The SMILES string of the molecule is N=C(n1c(=N)c(Sc2ccccc2)nc2cc(Cl)c(Cl)cc21)C(F)(F)F. The molecule has 0 aliphatic carbocycles. The number of aromatic nitrogens is 2. The zero-order chi connectivity index (χ0) is 19.1. The van der Waals surface area contributed by atoms with Crippen LogP contribution in [-0.2, 0) is 0 Å². The summed E-state index contributed by atoms with van der Waals surface area (Å²) in [7, 11) is 0. The van der Waals surface area contributed by atoms with Crippen LogP contribution in [0.25, 0.3) is 11.0 Å². The number of rotatable bonds is 2. The molecule has 0 saturated carbocycles. The Morgan fingerprint density at radius 2 is 1.69 bits per heavy atom. The van der Waals surface area contributed by atoms with E-state index < -0.39 is 17.5 Å². The maximum atomic E-state index is 13.2. The lowest BCUT2D eigenvalue weighted by Gasteiger charge is -2.16. The van der Waals surface area contributed by atoms with E-state index in [1.807, 2.05) is 0 Å². The molecule has 2 aromatic carbocycles. The molecule has 0 spiro atoms. The molecule has 3 aromatic rings. The Balaban J connectivity index is 2.31. The number of halogens is 5.